The van der Waals surface area contributed by atoms with Crippen molar-refractivity contribution in [2.24, 2.45) is 0 Å². The van der Waals surface area contributed by atoms with E-state index in [0.29, 0.717) is 12.3 Å². The minimum Gasteiger partial charge on any atom is -0.361 e. The van der Waals surface area contributed by atoms with Crippen LogP contribution >= 0.6 is 11.6 Å². The van der Waals surface area contributed by atoms with Gasteiger partial charge in [-0.3, -0.25) is 5.41 Å². The van der Waals surface area contributed by atoms with Crippen LogP contribution in [0.1, 0.15) is 19.4 Å². The maximum atomic E-state index is 7.94. The van der Waals surface area contributed by atoms with E-state index in [-0.39, 0.29) is 0 Å². The van der Waals surface area contributed by atoms with Crippen molar-refractivity contribution < 1.29 is 0 Å². The summed E-state index contributed by atoms with van der Waals surface area (Å²) in [6.07, 6.45) is 0.655. The molecule has 1 aromatic carbocycles. The highest BCUT2D eigenvalue weighted by molar-refractivity contribution is 6.30. The molecule has 0 aromatic heterocycles. The van der Waals surface area contributed by atoms with E-state index in [0.717, 1.165) is 23.7 Å². The van der Waals surface area contributed by atoms with Crippen molar-refractivity contribution in [3.8, 4) is 0 Å². The molecule has 2 nitrogen and oxygen atoms in total. The molecule has 3 heteroatoms. The van der Waals surface area contributed by atoms with E-state index in [1.807, 2.05) is 29.2 Å². The molecule has 0 amide bonds. The van der Waals surface area contributed by atoms with Crippen LogP contribution in [0.5, 0.6) is 0 Å². The number of nitrogens with one attached hydrogen (secondary N) is 1. The Kier molecular flexibility index (Phi) is 4.63. The number of rotatable bonds is 4. The van der Waals surface area contributed by atoms with Crippen LogP contribution in [-0.4, -0.2) is 23.8 Å². The molecule has 0 aliphatic carbocycles. The van der Waals surface area contributed by atoms with Crippen LogP contribution in [0.4, 0.5) is 0 Å². The van der Waals surface area contributed by atoms with Gasteiger partial charge in [-0.1, -0.05) is 23.7 Å². The van der Waals surface area contributed by atoms with Crippen molar-refractivity contribution in [1.29, 1.82) is 5.41 Å². The first kappa shape index (κ1) is 12.1. The summed E-state index contributed by atoms with van der Waals surface area (Å²) in [5, 5.41) is 8.67. The van der Waals surface area contributed by atoms with E-state index >= 15 is 0 Å². The Morgan fingerprint density at radius 3 is 2.53 bits per heavy atom. The highest BCUT2D eigenvalue weighted by Gasteiger charge is 2.06. The van der Waals surface area contributed by atoms with E-state index in [4.69, 9.17) is 17.0 Å². The van der Waals surface area contributed by atoms with E-state index in [9.17, 15) is 0 Å². The third kappa shape index (κ3) is 3.56. The zero-order valence-corrected chi connectivity index (χ0v) is 10.0. The van der Waals surface area contributed by atoms with Crippen LogP contribution in [0.2, 0.25) is 5.02 Å². The zero-order valence-electron chi connectivity index (χ0n) is 9.26. The first-order valence-corrected chi connectivity index (χ1v) is 5.62. The number of likely N-dealkylation sites (N-methyl/N-ethyl adjacent to an activating group) is 1. The van der Waals surface area contributed by atoms with Gasteiger partial charge in [0.25, 0.3) is 0 Å². The fourth-order valence-electron chi connectivity index (χ4n) is 1.56. The third-order valence-corrected chi connectivity index (χ3v) is 2.64. The lowest BCUT2D eigenvalue weighted by Gasteiger charge is -2.21. The second kappa shape index (κ2) is 5.76. The van der Waals surface area contributed by atoms with Crippen molar-refractivity contribution >= 4 is 17.4 Å². The number of benzene rings is 1. The molecular weight excluding hydrogens is 208 g/mol. The summed E-state index contributed by atoms with van der Waals surface area (Å²) < 4.78 is 0. The molecule has 82 valence electrons. The Balaban J connectivity index is 2.65. The summed E-state index contributed by atoms with van der Waals surface area (Å²) in [6, 6.07) is 7.70. The molecule has 0 unspecified atom stereocenters. The van der Waals surface area contributed by atoms with Crippen molar-refractivity contribution in [3.05, 3.63) is 34.9 Å². The minimum absolute atomic E-state index is 0.655. The van der Waals surface area contributed by atoms with Gasteiger partial charge in [-0.2, -0.15) is 0 Å². The second-order valence-corrected chi connectivity index (χ2v) is 3.86. The number of amidine groups is 1. The molecule has 0 radical (unpaired) electrons. The zero-order chi connectivity index (χ0) is 11.3. The van der Waals surface area contributed by atoms with Crippen molar-refractivity contribution in [1.82, 2.24) is 4.90 Å². The van der Waals surface area contributed by atoms with Crippen LogP contribution in [0, 0.1) is 5.41 Å². The maximum absolute atomic E-state index is 7.94. The van der Waals surface area contributed by atoms with Crippen LogP contribution in [0.3, 0.4) is 0 Å². The largest absolute Gasteiger partial charge is 0.361 e. The molecule has 1 N–H and O–H groups in total. The van der Waals surface area contributed by atoms with Crippen LogP contribution in [-0.2, 0) is 6.42 Å². The summed E-state index contributed by atoms with van der Waals surface area (Å²) in [5.74, 6) is 0.655. The molecule has 0 atom stereocenters. The van der Waals surface area contributed by atoms with E-state index in [2.05, 4.69) is 13.8 Å². The van der Waals surface area contributed by atoms with Gasteiger partial charge >= 0.3 is 0 Å². The van der Waals surface area contributed by atoms with Gasteiger partial charge in [-0.25, -0.2) is 0 Å². The highest BCUT2D eigenvalue weighted by atomic mass is 35.5. The van der Waals surface area contributed by atoms with Gasteiger partial charge in [0.1, 0.15) is 5.84 Å². The van der Waals surface area contributed by atoms with Gasteiger partial charge in [0.15, 0.2) is 0 Å². The van der Waals surface area contributed by atoms with Crippen LogP contribution < -0.4 is 0 Å². The molecule has 0 fully saturated rings. The van der Waals surface area contributed by atoms with Gasteiger partial charge < -0.3 is 4.90 Å². The van der Waals surface area contributed by atoms with Crippen molar-refractivity contribution in [2.45, 2.75) is 20.3 Å². The van der Waals surface area contributed by atoms with E-state index in [1.165, 1.54) is 0 Å². The van der Waals surface area contributed by atoms with Crippen molar-refractivity contribution in [3.63, 3.8) is 0 Å². The molecule has 15 heavy (non-hydrogen) atoms. The first-order chi connectivity index (χ1) is 7.17. The Labute approximate surface area is 96.4 Å². The third-order valence-electron chi connectivity index (χ3n) is 2.41. The predicted octanol–water partition coefficient (Wildman–Crippen LogP) is 3.20. The number of hydrogen-bond donors (Lipinski definition) is 1. The number of nitrogens with zero attached hydrogens (tertiary/aromatic N) is 1. The standard InChI is InChI=1S/C12H17ClN2/c1-3-15(4-2)12(14)9-10-6-5-7-11(13)8-10/h5-8,14H,3-4,9H2,1-2H3. The van der Waals surface area contributed by atoms with Crippen molar-refractivity contribution in [2.75, 3.05) is 13.1 Å². The molecule has 0 saturated heterocycles. The lowest BCUT2D eigenvalue weighted by molar-refractivity contribution is 0.455. The topological polar surface area (TPSA) is 27.1 Å². The Hall–Kier alpha value is -1.02. The van der Waals surface area contributed by atoms with Gasteiger partial charge in [0, 0.05) is 24.5 Å². The fraction of sp³-hybridized carbons (Fsp3) is 0.417. The molecule has 0 saturated carbocycles. The van der Waals surface area contributed by atoms with Gasteiger partial charge in [-0.15, -0.1) is 0 Å². The Bertz CT molecular complexity index is 332. The molecule has 0 aliphatic rings. The summed E-state index contributed by atoms with van der Waals surface area (Å²) >= 11 is 5.89. The molecule has 1 aromatic rings. The lowest BCUT2D eigenvalue weighted by Crippen LogP contribution is -2.31. The summed E-state index contributed by atoms with van der Waals surface area (Å²) in [6.45, 7) is 5.90. The van der Waals surface area contributed by atoms with Crippen LogP contribution in [0.25, 0.3) is 0 Å². The second-order valence-electron chi connectivity index (χ2n) is 3.43. The van der Waals surface area contributed by atoms with E-state index < -0.39 is 0 Å². The van der Waals surface area contributed by atoms with Gasteiger partial charge in [0.2, 0.25) is 0 Å². The van der Waals surface area contributed by atoms with Gasteiger partial charge in [0.05, 0.1) is 0 Å². The molecule has 0 heterocycles. The smallest absolute Gasteiger partial charge is 0.100 e. The number of hydrogen-bond acceptors (Lipinski definition) is 1. The summed E-state index contributed by atoms with van der Waals surface area (Å²) in [7, 11) is 0. The van der Waals surface area contributed by atoms with Crippen LogP contribution in [0.15, 0.2) is 24.3 Å². The summed E-state index contributed by atoms with van der Waals surface area (Å²) in [5.41, 5.74) is 1.10. The van der Waals surface area contributed by atoms with E-state index in [1.54, 1.807) is 0 Å². The molecular formula is C12H17ClN2. The monoisotopic (exact) mass is 224 g/mol. The molecule has 0 spiro atoms. The molecule has 0 bridgehead atoms. The minimum atomic E-state index is 0.655. The average Bonchev–Trinajstić information content (AvgIpc) is 2.19. The lowest BCUT2D eigenvalue weighted by atomic mass is 10.1. The quantitative estimate of drug-likeness (QED) is 0.617. The fourth-order valence-corrected chi connectivity index (χ4v) is 1.77. The predicted molar refractivity (Wildman–Crippen MR) is 65.8 cm³/mol. The molecule has 1 rings (SSSR count). The average molecular weight is 225 g/mol. The SMILES string of the molecule is CCN(CC)C(=N)Cc1cccc(Cl)c1. The summed E-state index contributed by atoms with van der Waals surface area (Å²) in [4.78, 5) is 2.04. The number of halogens is 1. The molecule has 0 aliphatic heterocycles. The highest BCUT2D eigenvalue weighted by Crippen LogP contribution is 2.12. The first-order valence-electron chi connectivity index (χ1n) is 5.24. The Morgan fingerprint density at radius 1 is 1.33 bits per heavy atom. The van der Waals surface area contributed by atoms with Gasteiger partial charge in [-0.05, 0) is 31.5 Å². The Morgan fingerprint density at radius 2 is 2.00 bits per heavy atom. The maximum Gasteiger partial charge on any atom is 0.100 e. The normalized spacial score (nSPS) is 10.1.